The number of hydrogen-bond donors (Lipinski definition) is 0. The maximum Gasteiger partial charge on any atom is 0.307 e. The van der Waals surface area contributed by atoms with E-state index in [-0.39, 0.29) is 11.6 Å². The Kier molecular flexibility index (Phi) is 5.53. The molecule has 0 saturated carbocycles. The summed E-state index contributed by atoms with van der Waals surface area (Å²) >= 11 is 6.02. The highest BCUT2D eigenvalue weighted by molar-refractivity contribution is 6.30. The van der Waals surface area contributed by atoms with Gasteiger partial charge in [0.1, 0.15) is 18.4 Å². The summed E-state index contributed by atoms with van der Waals surface area (Å²) in [6.45, 7) is 5.27. The Balaban J connectivity index is 1.55. The molecule has 0 radical (unpaired) electrons. The van der Waals surface area contributed by atoms with E-state index in [1.54, 1.807) is 11.8 Å². The summed E-state index contributed by atoms with van der Waals surface area (Å²) in [5.41, 5.74) is 1.03. The maximum atomic E-state index is 12.6. The maximum absolute atomic E-state index is 12.6. The summed E-state index contributed by atoms with van der Waals surface area (Å²) in [6, 6.07) is 7.20. The Morgan fingerprint density at radius 1 is 1.35 bits per heavy atom. The van der Waals surface area contributed by atoms with Crippen LogP contribution in [0.25, 0.3) is 0 Å². The molecular weight excluding hydrogens is 358 g/mol. The third kappa shape index (κ3) is 4.20. The number of amides is 1. The van der Waals surface area contributed by atoms with Gasteiger partial charge >= 0.3 is 5.69 Å². The lowest BCUT2D eigenvalue weighted by Crippen LogP contribution is -2.49. The Bertz CT molecular complexity index is 801. The number of nitrogens with zero attached hydrogens (tertiary/aromatic N) is 5. The van der Waals surface area contributed by atoms with Crippen LogP contribution in [0.3, 0.4) is 0 Å². The zero-order valence-corrected chi connectivity index (χ0v) is 15.2. The number of halogens is 1. The molecule has 1 atom stereocenters. The highest BCUT2D eigenvalue weighted by atomic mass is 35.5. The number of carbonyl (C=O) groups excluding carboxylic acids is 1. The van der Waals surface area contributed by atoms with Crippen molar-refractivity contribution in [3.63, 3.8) is 0 Å². The molecule has 138 valence electrons. The molecule has 0 N–H and O–H groups in total. The van der Waals surface area contributed by atoms with E-state index in [4.69, 9.17) is 11.6 Å². The number of rotatable bonds is 5. The van der Waals surface area contributed by atoms with Gasteiger partial charge in [-0.05, 0) is 24.6 Å². The van der Waals surface area contributed by atoms with Crippen molar-refractivity contribution in [2.24, 2.45) is 0 Å². The van der Waals surface area contributed by atoms with E-state index in [9.17, 15) is 14.9 Å². The minimum Gasteiger partial charge on any atom is -0.338 e. The van der Waals surface area contributed by atoms with Crippen LogP contribution in [0.5, 0.6) is 0 Å². The molecule has 2 aromatic rings. The Hall–Kier alpha value is -2.45. The van der Waals surface area contributed by atoms with Crippen molar-refractivity contribution in [1.29, 1.82) is 0 Å². The second-order valence-corrected chi connectivity index (χ2v) is 6.78. The molecule has 26 heavy (non-hydrogen) atoms. The van der Waals surface area contributed by atoms with Crippen LogP contribution < -0.4 is 0 Å². The van der Waals surface area contributed by atoms with Gasteiger partial charge in [-0.1, -0.05) is 23.7 Å². The topological polar surface area (TPSA) is 84.5 Å². The molecular formula is C17H20ClN5O3. The lowest BCUT2D eigenvalue weighted by atomic mass is 10.2. The molecule has 0 aliphatic carbocycles. The fourth-order valence-corrected chi connectivity index (χ4v) is 3.24. The molecule has 2 heterocycles. The second-order valence-electron chi connectivity index (χ2n) is 6.34. The Morgan fingerprint density at radius 3 is 2.69 bits per heavy atom. The van der Waals surface area contributed by atoms with Crippen LogP contribution >= 0.6 is 11.6 Å². The zero-order chi connectivity index (χ0) is 18.7. The van der Waals surface area contributed by atoms with Crippen molar-refractivity contribution in [3.05, 3.63) is 57.4 Å². The molecule has 3 rings (SSSR count). The van der Waals surface area contributed by atoms with Gasteiger partial charge in [0.05, 0.1) is 4.92 Å². The van der Waals surface area contributed by atoms with Gasteiger partial charge in [0, 0.05) is 37.7 Å². The lowest BCUT2D eigenvalue weighted by Gasteiger charge is -2.36. The zero-order valence-electron chi connectivity index (χ0n) is 14.4. The second kappa shape index (κ2) is 7.84. The highest BCUT2D eigenvalue weighted by Gasteiger charge is 2.27. The first-order chi connectivity index (χ1) is 12.4. The van der Waals surface area contributed by atoms with E-state index in [0.29, 0.717) is 13.1 Å². The number of benzene rings is 1. The molecule has 0 spiro atoms. The van der Waals surface area contributed by atoms with Crippen molar-refractivity contribution in [1.82, 2.24) is 19.6 Å². The van der Waals surface area contributed by atoms with Crippen LogP contribution in [0.15, 0.2) is 36.7 Å². The largest absolute Gasteiger partial charge is 0.338 e. The van der Waals surface area contributed by atoms with Gasteiger partial charge in [0.15, 0.2) is 0 Å². The minimum absolute atomic E-state index is 0.0783. The van der Waals surface area contributed by atoms with Crippen LogP contribution in [0.2, 0.25) is 5.02 Å². The number of hydrogen-bond acceptors (Lipinski definition) is 5. The summed E-state index contributed by atoms with van der Waals surface area (Å²) in [4.78, 5) is 26.9. The summed E-state index contributed by atoms with van der Waals surface area (Å²) in [6.07, 6.45) is 2.45. The number of nitro groups is 1. The molecule has 1 unspecified atom stereocenters. The van der Waals surface area contributed by atoms with Gasteiger partial charge in [-0.15, -0.1) is 0 Å². The van der Waals surface area contributed by atoms with Crippen molar-refractivity contribution in [3.8, 4) is 0 Å². The average molecular weight is 378 g/mol. The van der Waals surface area contributed by atoms with Crippen molar-refractivity contribution < 1.29 is 9.72 Å². The molecule has 1 amide bonds. The van der Waals surface area contributed by atoms with Gasteiger partial charge in [-0.2, -0.15) is 5.10 Å². The van der Waals surface area contributed by atoms with Crippen LogP contribution in [0.4, 0.5) is 5.69 Å². The van der Waals surface area contributed by atoms with Crippen LogP contribution in [0.1, 0.15) is 18.5 Å². The first-order valence-corrected chi connectivity index (χ1v) is 8.76. The van der Waals surface area contributed by atoms with Gasteiger partial charge in [-0.3, -0.25) is 24.5 Å². The van der Waals surface area contributed by atoms with E-state index in [1.165, 1.54) is 10.9 Å². The molecule has 9 heteroatoms. The number of aromatic nitrogens is 2. The standard InChI is InChI=1S/C17H20ClN5O3/c1-13(22-12-16(10-19-22)23(25)26)17(24)21-7-5-20(6-8-21)11-14-3-2-4-15(18)9-14/h2-4,9-10,12-13H,5-8,11H2,1H3. The van der Waals surface area contributed by atoms with Gasteiger partial charge < -0.3 is 4.90 Å². The average Bonchev–Trinajstić information content (AvgIpc) is 3.12. The number of piperazine rings is 1. The SMILES string of the molecule is CC(C(=O)N1CCN(Cc2cccc(Cl)c2)CC1)n1cc([N+](=O)[O-])cn1. The molecule has 8 nitrogen and oxygen atoms in total. The molecule has 1 aromatic heterocycles. The first kappa shape index (κ1) is 18.3. The van der Waals surface area contributed by atoms with Crippen LogP contribution in [-0.2, 0) is 11.3 Å². The molecule has 0 bridgehead atoms. The summed E-state index contributed by atoms with van der Waals surface area (Å²) < 4.78 is 1.35. The monoisotopic (exact) mass is 377 g/mol. The predicted octanol–water partition coefficient (Wildman–Crippen LogP) is 2.35. The predicted molar refractivity (Wildman–Crippen MR) is 96.9 cm³/mol. The van der Waals surface area contributed by atoms with Crippen LogP contribution in [0, 0.1) is 10.1 Å². The van der Waals surface area contributed by atoms with Gasteiger partial charge in [0.25, 0.3) is 0 Å². The molecule has 1 saturated heterocycles. The smallest absolute Gasteiger partial charge is 0.307 e. The molecule has 1 aliphatic rings. The minimum atomic E-state index is -0.567. The van der Waals surface area contributed by atoms with E-state index in [1.807, 2.05) is 24.3 Å². The van der Waals surface area contributed by atoms with Crippen molar-refractivity contribution >= 4 is 23.2 Å². The van der Waals surface area contributed by atoms with E-state index in [0.717, 1.165) is 36.4 Å². The molecule has 1 fully saturated rings. The Morgan fingerprint density at radius 2 is 2.08 bits per heavy atom. The van der Waals surface area contributed by atoms with Gasteiger partial charge in [0.2, 0.25) is 5.91 Å². The van der Waals surface area contributed by atoms with E-state index in [2.05, 4.69) is 10.00 Å². The van der Waals surface area contributed by atoms with E-state index < -0.39 is 11.0 Å². The third-order valence-corrected chi connectivity index (χ3v) is 4.77. The number of carbonyl (C=O) groups is 1. The fraction of sp³-hybridized carbons (Fsp3) is 0.412. The van der Waals surface area contributed by atoms with E-state index >= 15 is 0 Å². The van der Waals surface area contributed by atoms with Crippen molar-refractivity contribution in [2.45, 2.75) is 19.5 Å². The molecule has 1 aliphatic heterocycles. The Labute approximate surface area is 156 Å². The van der Waals surface area contributed by atoms with Gasteiger partial charge in [-0.25, -0.2) is 0 Å². The molecule has 1 aromatic carbocycles. The van der Waals surface area contributed by atoms with Crippen LogP contribution in [-0.4, -0.2) is 56.6 Å². The first-order valence-electron chi connectivity index (χ1n) is 8.38. The quantitative estimate of drug-likeness (QED) is 0.589. The third-order valence-electron chi connectivity index (χ3n) is 4.53. The fourth-order valence-electron chi connectivity index (χ4n) is 3.03. The lowest BCUT2D eigenvalue weighted by molar-refractivity contribution is -0.385. The van der Waals surface area contributed by atoms with Crippen molar-refractivity contribution in [2.75, 3.05) is 26.2 Å². The summed E-state index contributed by atoms with van der Waals surface area (Å²) in [7, 11) is 0. The normalized spacial score (nSPS) is 16.5. The highest BCUT2D eigenvalue weighted by Crippen LogP contribution is 2.17. The summed E-state index contributed by atoms with van der Waals surface area (Å²) in [5, 5.41) is 15.4. The summed E-state index contributed by atoms with van der Waals surface area (Å²) in [5.74, 6) is -0.0783.